The first-order valence-corrected chi connectivity index (χ1v) is 7.56. The molecule has 19 heavy (non-hydrogen) atoms. The Labute approximate surface area is 120 Å². The summed E-state index contributed by atoms with van der Waals surface area (Å²) in [5.41, 5.74) is 0.375. The molecule has 1 fully saturated rings. The molecule has 0 aliphatic heterocycles. The highest BCUT2D eigenvalue weighted by Gasteiger charge is 2.22. The normalized spacial score (nSPS) is 17.6. The van der Waals surface area contributed by atoms with Gasteiger partial charge in [-0.1, -0.05) is 34.8 Å². The molecule has 0 spiro atoms. The first-order chi connectivity index (χ1) is 9.08. The van der Waals surface area contributed by atoms with E-state index in [9.17, 15) is 14.5 Å². The van der Waals surface area contributed by atoms with E-state index in [4.69, 9.17) is 0 Å². The van der Waals surface area contributed by atoms with Gasteiger partial charge in [0.15, 0.2) is 0 Å². The highest BCUT2D eigenvalue weighted by molar-refractivity contribution is 9.09. The zero-order valence-electron chi connectivity index (χ0n) is 10.6. The van der Waals surface area contributed by atoms with Gasteiger partial charge in [0.2, 0.25) is 5.82 Å². The highest BCUT2D eigenvalue weighted by Crippen LogP contribution is 2.33. The number of alkyl halides is 1. The lowest BCUT2D eigenvalue weighted by molar-refractivity contribution is -0.387. The number of hydrogen-bond donors (Lipinski definition) is 0. The Morgan fingerprint density at radius 2 is 2.11 bits per heavy atom. The lowest BCUT2D eigenvalue weighted by Gasteiger charge is -2.16. The molecule has 1 aliphatic carbocycles. The smallest absolute Gasteiger partial charge is 0.258 e. The van der Waals surface area contributed by atoms with Crippen LogP contribution in [0.15, 0.2) is 18.2 Å². The maximum Gasteiger partial charge on any atom is 0.304 e. The summed E-state index contributed by atoms with van der Waals surface area (Å²) in [5, 5.41) is 10.5. The molecule has 1 unspecified atom stereocenters. The van der Waals surface area contributed by atoms with Crippen molar-refractivity contribution < 1.29 is 9.31 Å². The van der Waals surface area contributed by atoms with Crippen LogP contribution in [0.4, 0.5) is 10.1 Å². The van der Waals surface area contributed by atoms with Crippen LogP contribution in [0, 0.1) is 21.8 Å². The van der Waals surface area contributed by atoms with E-state index in [0.717, 1.165) is 24.3 Å². The molecule has 0 N–H and O–H groups in total. The van der Waals surface area contributed by atoms with Crippen LogP contribution in [-0.4, -0.2) is 9.75 Å². The summed E-state index contributed by atoms with van der Waals surface area (Å²) in [6.45, 7) is 0. The van der Waals surface area contributed by atoms with Crippen molar-refractivity contribution >= 4 is 21.6 Å². The quantitative estimate of drug-likeness (QED) is 0.449. The van der Waals surface area contributed by atoms with E-state index in [1.54, 1.807) is 6.07 Å². The van der Waals surface area contributed by atoms with Gasteiger partial charge in [0.05, 0.1) is 4.92 Å². The molecule has 104 valence electrons. The van der Waals surface area contributed by atoms with Crippen molar-refractivity contribution in [2.45, 2.75) is 43.4 Å². The van der Waals surface area contributed by atoms with Crippen LogP contribution in [0.2, 0.25) is 0 Å². The fraction of sp³-hybridized carbons (Fsp3) is 0.571. The number of nitro benzene ring substituents is 1. The zero-order valence-corrected chi connectivity index (χ0v) is 12.2. The molecule has 2 rings (SSSR count). The van der Waals surface area contributed by atoms with Crippen LogP contribution >= 0.6 is 15.9 Å². The van der Waals surface area contributed by atoms with Gasteiger partial charge < -0.3 is 0 Å². The molecular formula is C14H17BrFNO2. The van der Waals surface area contributed by atoms with Gasteiger partial charge in [0.1, 0.15) is 0 Å². The summed E-state index contributed by atoms with van der Waals surface area (Å²) in [6.07, 6.45) is 6.84. The first kappa shape index (κ1) is 14.4. The zero-order chi connectivity index (χ0) is 13.8. The van der Waals surface area contributed by atoms with E-state index in [1.165, 1.54) is 37.8 Å². The van der Waals surface area contributed by atoms with Gasteiger partial charge in [-0.2, -0.15) is 4.39 Å². The number of aryl methyl sites for hydroxylation is 1. The second-order valence-electron chi connectivity index (χ2n) is 5.14. The number of halogens is 2. The topological polar surface area (TPSA) is 43.1 Å². The maximum atomic E-state index is 13.5. The minimum Gasteiger partial charge on any atom is -0.258 e. The number of hydrogen-bond acceptors (Lipinski definition) is 2. The molecule has 1 aromatic carbocycles. The predicted octanol–water partition coefficient (Wildman–Crippen LogP) is 4.62. The summed E-state index contributed by atoms with van der Waals surface area (Å²) in [6, 6.07) is 4.19. The predicted molar refractivity (Wildman–Crippen MR) is 76.0 cm³/mol. The van der Waals surface area contributed by atoms with Crippen molar-refractivity contribution in [3.63, 3.8) is 0 Å². The van der Waals surface area contributed by atoms with Crippen LogP contribution in [0.3, 0.4) is 0 Å². The van der Waals surface area contributed by atoms with E-state index in [1.807, 2.05) is 0 Å². The van der Waals surface area contributed by atoms with E-state index in [-0.39, 0.29) is 0 Å². The van der Waals surface area contributed by atoms with Gasteiger partial charge in [-0.3, -0.25) is 10.1 Å². The summed E-state index contributed by atoms with van der Waals surface area (Å²) >= 11 is 3.72. The van der Waals surface area contributed by atoms with Crippen LogP contribution in [-0.2, 0) is 6.42 Å². The molecule has 0 saturated heterocycles. The molecule has 1 aliphatic rings. The van der Waals surface area contributed by atoms with Crippen molar-refractivity contribution in [3.8, 4) is 0 Å². The fourth-order valence-corrected chi connectivity index (χ4v) is 3.47. The number of nitrogens with zero attached hydrogens (tertiary/aromatic N) is 1. The van der Waals surface area contributed by atoms with Crippen LogP contribution in [0.5, 0.6) is 0 Å². The molecule has 3 nitrogen and oxygen atoms in total. The summed E-state index contributed by atoms with van der Waals surface area (Å²) in [7, 11) is 0. The lowest BCUT2D eigenvalue weighted by Crippen LogP contribution is -2.11. The minimum atomic E-state index is -0.741. The van der Waals surface area contributed by atoms with Crippen LogP contribution < -0.4 is 0 Å². The van der Waals surface area contributed by atoms with Crippen molar-refractivity contribution in [2.75, 3.05) is 0 Å². The van der Waals surface area contributed by atoms with Gasteiger partial charge in [-0.15, -0.1) is 0 Å². The van der Waals surface area contributed by atoms with E-state index >= 15 is 0 Å². The second kappa shape index (κ2) is 6.46. The van der Waals surface area contributed by atoms with E-state index in [2.05, 4.69) is 15.9 Å². The lowest BCUT2D eigenvalue weighted by atomic mass is 9.98. The molecule has 1 saturated carbocycles. The molecule has 0 heterocycles. The summed E-state index contributed by atoms with van der Waals surface area (Å²) in [5.74, 6) is -0.0163. The number of nitro groups is 1. The Morgan fingerprint density at radius 3 is 2.68 bits per heavy atom. The highest BCUT2D eigenvalue weighted by atomic mass is 79.9. The second-order valence-corrected chi connectivity index (χ2v) is 6.32. The van der Waals surface area contributed by atoms with E-state index in [0.29, 0.717) is 4.83 Å². The molecule has 1 aromatic rings. The summed E-state index contributed by atoms with van der Waals surface area (Å²) < 4.78 is 13.5. The van der Waals surface area contributed by atoms with Gasteiger partial charge in [0, 0.05) is 10.9 Å². The average molecular weight is 330 g/mol. The maximum absolute atomic E-state index is 13.5. The standard InChI is InChI=1S/C14H17BrFNO2/c15-12(11-3-1-2-4-11)7-5-10-6-8-14(17(18)19)13(16)9-10/h6,8-9,11-12H,1-5,7H2. The molecule has 0 radical (unpaired) electrons. The van der Waals surface area contributed by atoms with Crippen molar-refractivity contribution in [2.24, 2.45) is 5.92 Å². The SMILES string of the molecule is O=[N+]([O-])c1ccc(CCC(Br)C2CCCC2)cc1F. The van der Waals surface area contributed by atoms with Crippen LogP contribution in [0.25, 0.3) is 0 Å². The third-order valence-corrected chi connectivity index (χ3v) is 5.03. The Hall–Kier alpha value is -0.970. The summed E-state index contributed by atoms with van der Waals surface area (Å²) in [4.78, 5) is 10.3. The minimum absolute atomic E-state index is 0.449. The molecule has 0 amide bonds. The van der Waals surface area contributed by atoms with Crippen LogP contribution in [0.1, 0.15) is 37.7 Å². The molecule has 0 aromatic heterocycles. The molecular weight excluding hydrogens is 313 g/mol. The van der Waals surface area contributed by atoms with Gasteiger partial charge >= 0.3 is 5.69 Å². The van der Waals surface area contributed by atoms with Gasteiger partial charge in [0.25, 0.3) is 0 Å². The fourth-order valence-electron chi connectivity index (χ4n) is 2.71. The molecule has 5 heteroatoms. The largest absolute Gasteiger partial charge is 0.304 e. The Balaban J connectivity index is 1.92. The van der Waals surface area contributed by atoms with Crippen molar-refractivity contribution in [1.29, 1.82) is 0 Å². The molecule has 0 bridgehead atoms. The van der Waals surface area contributed by atoms with Crippen molar-refractivity contribution in [1.82, 2.24) is 0 Å². The van der Waals surface area contributed by atoms with Gasteiger partial charge in [-0.05, 0) is 43.2 Å². The Bertz CT molecular complexity index is 461. The first-order valence-electron chi connectivity index (χ1n) is 6.65. The van der Waals surface area contributed by atoms with E-state index < -0.39 is 16.4 Å². The average Bonchev–Trinajstić information content (AvgIpc) is 2.89. The third-order valence-electron chi connectivity index (χ3n) is 3.83. The Morgan fingerprint density at radius 1 is 1.42 bits per heavy atom. The van der Waals surface area contributed by atoms with Crippen molar-refractivity contribution in [3.05, 3.63) is 39.7 Å². The third kappa shape index (κ3) is 3.75. The number of benzene rings is 1. The number of rotatable bonds is 5. The molecule has 1 atom stereocenters. The van der Waals surface area contributed by atoms with Gasteiger partial charge in [-0.25, -0.2) is 0 Å². The Kier molecular flexibility index (Phi) is 4.91. The monoisotopic (exact) mass is 329 g/mol.